The number of amides is 1. The number of nitrogens with zero attached hydrogens (tertiary/aromatic N) is 3. The third-order valence-electron chi connectivity index (χ3n) is 4.23. The molecule has 2 aromatic rings. The molecular weight excluding hydrogens is 370 g/mol. The van der Waals surface area contributed by atoms with Gasteiger partial charge in [0.15, 0.2) is 5.78 Å². The molecule has 0 saturated heterocycles. The third-order valence-corrected chi connectivity index (χ3v) is 4.49. The summed E-state index contributed by atoms with van der Waals surface area (Å²) < 4.78 is 0. The van der Waals surface area contributed by atoms with Crippen LogP contribution in [-0.4, -0.2) is 22.3 Å². The second-order valence-electron chi connectivity index (χ2n) is 6.41. The number of hydrogen-bond acceptors (Lipinski definition) is 5. The van der Waals surface area contributed by atoms with Crippen LogP contribution in [0.4, 0.5) is 11.4 Å². The lowest BCUT2D eigenvalue weighted by atomic mass is 9.87. The Hall–Kier alpha value is -3.06. The topological polar surface area (TPSA) is 92.9 Å². The van der Waals surface area contributed by atoms with E-state index in [9.17, 15) is 19.7 Å². The van der Waals surface area contributed by atoms with Crippen molar-refractivity contribution in [2.45, 2.75) is 13.8 Å². The maximum Gasteiger partial charge on any atom is 0.270 e. The molecule has 1 heterocycles. The van der Waals surface area contributed by atoms with Gasteiger partial charge in [-0.3, -0.25) is 19.7 Å². The Bertz CT molecular complexity index is 954. The van der Waals surface area contributed by atoms with E-state index in [1.54, 1.807) is 24.3 Å². The van der Waals surface area contributed by atoms with Crippen molar-refractivity contribution in [1.82, 2.24) is 0 Å². The minimum absolute atomic E-state index is 0.105. The number of nitro groups is 1. The average molecular weight is 386 g/mol. The number of anilines is 1. The first-order chi connectivity index (χ1) is 12.8. The van der Waals surface area contributed by atoms with Gasteiger partial charge in [-0.15, -0.1) is 0 Å². The van der Waals surface area contributed by atoms with Crippen molar-refractivity contribution in [3.05, 3.63) is 69.2 Å². The van der Waals surface area contributed by atoms with Gasteiger partial charge in [0.25, 0.3) is 11.6 Å². The summed E-state index contributed by atoms with van der Waals surface area (Å²) in [6.07, 6.45) is 0. The van der Waals surface area contributed by atoms with Gasteiger partial charge in [0.1, 0.15) is 5.92 Å². The molecule has 0 fully saturated rings. The van der Waals surface area contributed by atoms with Gasteiger partial charge in [-0.25, -0.2) is 0 Å². The molecule has 0 unspecified atom stereocenters. The SMILES string of the molecule is CC(C)C1=NN(c2ccc(Cl)cc2)C(=O)[C@H]1C(=O)c1cccc([N+](=O)[O-])c1. The van der Waals surface area contributed by atoms with Crippen LogP contribution in [0.2, 0.25) is 5.02 Å². The van der Waals surface area contributed by atoms with Crippen molar-refractivity contribution in [2.24, 2.45) is 16.9 Å². The Kier molecular flexibility index (Phi) is 5.05. The molecule has 138 valence electrons. The molecular formula is C19H16ClN3O4. The fourth-order valence-corrected chi connectivity index (χ4v) is 3.00. The number of hydrogen-bond donors (Lipinski definition) is 0. The van der Waals surface area contributed by atoms with E-state index < -0.39 is 22.5 Å². The predicted molar refractivity (Wildman–Crippen MR) is 102 cm³/mol. The van der Waals surface area contributed by atoms with Crippen LogP contribution in [0.3, 0.4) is 0 Å². The predicted octanol–water partition coefficient (Wildman–Crippen LogP) is 4.11. The van der Waals surface area contributed by atoms with Crippen LogP contribution in [0, 0.1) is 22.0 Å². The molecule has 0 N–H and O–H groups in total. The van der Waals surface area contributed by atoms with Crippen LogP contribution in [0.5, 0.6) is 0 Å². The maximum atomic E-state index is 13.0. The number of carbonyl (C=O) groups is 2. The number of Topliss-reactive ketones (excluding diaryl/α,β-unsaturated/α-hetero) is 1. The largest absolute Gasteiger partial charge is 0.293 e. The average Bonchev–Trinajstić information content (AvgIpc) is 2.99. The molecule has 2 aromatic carbocycles. The summed E-state index contributed by atoms with van der Waals surface area (Å²) >= 11 is 5.88. The molecule has 27 heavy (non-hydrogen) atoms. The normalized spacial score (nSPS) is 16.6. The first-order valence-corrected chi connectivity index (χ1v) is 8.64. The van der Waals surface area contributed by atoms with Gasteiger partial charge in [0.05, 0.1) is 16.3 Å². The first-order valence-electron chi connectivity index (χ1n) is 8.26. The summed E-state index contributed by atoms with van der Waals surface area (Å²) in [4.78, 5) is 36.4. The first kappa shape index (κ1) is 18.7. The Morgan fingerprint density at radius 2 is 1.89 bits per heavy atom. The third kappa shape index (κ3) is 3.59. The summed E-state index contributed by atoms with van der Waals surface area (Å²) in [5.41, 5.74) is 0.820. The monoisotopic (exact) mass is 385 g/mol. The number of nitro benzene ring substituents is 1. The number of halogens is 1. The zero-order valence-corrected chi connectivity index (χ0v) is 15.4. The number of carbonyl (C=O) groups excluding carboxylic acids is 2. The standard InChI is InChI=1S/C19H16ClN3O4/c1-11(2)17-16(18(24)12-4-3-5-15(10-12)23(26)27)19(25)22(21-17)14-8-6-13(20)7-9-14/h3-11,16H,1-2H3/t16-/m1/s1. The highest BCUT2D eigenvalue weighted by molar-refractivity contribution is 6.32. The van der Waals surface area contributed by atoms with Crippen LogP contribution in [0.25, 0.3) is 0 Å². The van der Waals surface area contributed by atoms with Crippen molar-refractivity contribution in [3.8, 4) is 0 Å². The van der Waals surface area contributed by atoms with Gasteiger partial charge in [0, 0.05) is 22.7 Å². The van der Waals surface area contributed by atoms with Crippen molar-refractivity contribution in [2.75, 3.05) is 5.01 Å². The molecule has 8 heteroatoms. The van der Waals surface area contributed by atoms with E-state index in [-0.39, 0.29) is 17.2 Å². The van der Waals surface area contributed by atoms with E-state index in [2.05, 4.69) is 5.10 Å². The van der Waals surface area contributed by atoms with Crippen molar-refractivity contribution < 1.29 is 14.5 Å². The highest BCUT2D eigenvalue weighted by Crippen LogP contribution is 2.30. The summed E-state index contributed by atoms with van der Waals surface area (Å²) in [7, 11) is 0. The zero-order valence-electron chi connectivity index (χ0n) is 14.6. The fraction of sp³-hybridized carbons (Fsp3) is 0.211. The van der Waals surface area contributed by atoms with E-state index in [1.165, 1.54) is 29.3 Å². The Morgan fingerprint density at radius 1 is 1.22 bits per heavy atom. The molecule has 1 amide bonds. The quantitative estimate of drug-likeness (QED) is 0.335. The summed E-state index contributed by atoms with van der Waals surface area (Å²) in [6.45, 7) is 3.68. The van der Waals surface area contributed by atoms with E-state index in [1.807, 2.05) is 13.8 Å². The van der Waals surface area contributed by atoms with Gasteiger partial charge >= 0.3 is 0 Å². The Morgan fingerprint density at radius 3 is 2.48 bits per heavy atom. The van der Waals surface area contributed by atoms with Crippen LogP contribution < -0.4 is 5.01 Å². The Balaban J connectivity index is 1.99. The van der Waals surface area contributed by atoms with Gasteiger partial charge in [-0.05, 0) is 30.2 Å². The van der Waals surface area contributed by atoms with Gasteiger partial charge < -0.3 is 0 Å². The summed E-state index contributed by atoms with van der Waals surface area (Å²) in [6, 6.07) is 11.9. The van der Waals surface area contributed by atoms with Crippen LogP contribution in [0.1, 0.15) is 24.2 Å². The maximum absolute atomic E-state index is 13.0. The lowest BCUT2D eigenvalue weighted by Gasteiger charge is -2.14. The molecule has 0 aromatic heterocycles. The lowest BCUT2D eigenvalue weighted by Crippen LogP contribution is -2.34. The molecule has 0 aliphatic carbocycles. The molecule has 1 atom stereocenters. The van der Waals surface area contributed by atoms with Crippen molar-refractivity contribution in [3.63, 3.8) is 0 Å². The number of hydrazone groups is 1. The van der Waals surface area contributed by atoms with E-state index in [4.69, 9.17) is 11.6 Å². The molecule has 3 rings (SSSR count). The number of rotatable bonds is 5. The number of non-ortho nitro benzene ring substituents is 1. The van der Waals surface area contributed by atoms with Crippen molar-refractivity contribution in [1.29, 1.82) is 0 Å². The smallest absolute Gasteiger partial charge is 0.270 e. The minimum Gasteiger partial charge on any atom is -0.293 e. The number of benzene rings is 2. The second kappa shape index (κ2) is 7.28. The fourth-order valence-electron chi connectivity index (χ4n) is 2.87. The van der Waals surface area contributed by atoms with Crippen LogP contribution >= 0.6 is 11.6 Å². The minimum atomic E-state index is -1.11. The van der Waals surface area contributed by atoms with Crippen molar-refractivity contribution >= 4 is 40.4 Å². The van der Waals surface area contributed by atoms with E-state index in [0.717, 1.165) is 0 Å². The molecule has 0 radical (unpaired) electrons. The highest BCUT2D eigenvalue weighted by Gasteiger charge is 2.43. The van der Waals surface area contributed by atoms with Gasteiger partial charge in [0.2, 0.25) is 0 Å². The lowest BCUT2D eigenvalue weighted by molar-refractivity contribution is -0.384. The van der Waals surface area contributed by atoms with Crippen LogP contribution in [-0.2, 0) is 4.79 Å². The summed E-state index contributed by atoms with van der Waals surface area (Å²) in [5.74, 6) is -2.26. The van der Waals surface area contributed by atoms with Gasteiger partial charge in [-0.1, -0.05) is 37.6 Å². The summed E-state index contributed by atoms with van der Waals surface area (Å²) in [5, 5.41) is 17.0. The Labute approximate surface area is 160 Å². The molecule has 0 saturated carbocycles. The zero-order chi connectivity index (χ0) is 19.7. The van der Waals surface area contributed by atoms with E-state index >= 15 is 0 Å². The second-order valence-corrected chi connectivity index (χ2v) is 6.85. The molecule has 1 aliphatic heterocycles. The molecule has 0 bridgehead atoms. The molecule has 7 nitrogen and oxygen atoms in total. The molecule has 1 aliphatic rings. The van der Waals surface area contributed by atoms with Crippen LogP contribution in [0.15, 0.2) is 53.6 Å². The highest BCUT2D eigenvalue weighted by atomic mass is 35.5. The molecule has 0 spiro atoms. The van der Waals surface area contributed by atoms with Gasteiger partial charge in [-0.2, -0.15) is 10.1 Å². The van der Waals surface area contributed by atoms with E-state index in [0.29, 0.717) is 16.4 Å². The number of ketones is 1.